The molecule has 1 nitrogen and oxygen atoms in total. The van der Waals surface area contributed by atoms with E-state index in [1.54, 1.807) is 0 Å². The van der Waals surface area contributed by atoms with Crippen molar-refractivity contribution in [2.45, 2.75) is 18.8 Å². The number of fused-ring (bicyclic) bond motifs is 13. The van der Waals surface area contributed by atoms with Crippen molar-refractivity contribution >= 4 is 27.9 Å². The molecule has 1 aromatic heterocycles. The fourth-order valence-electron chi connectivity index (χ4n) is 7.08. The SMILES string of the molecule is C1=CC2=Cc3c(cc4c5ccccc5n5c4c3Cc3ccc4c(c3-5)Cc3ccccc3-4)C2C=C1. The van der Waals surface area contributed by atoms with Gasteiger partial charge in [0, 0.05) is 29.5 Å². The highest BCUT2D eigenvalue weighted by Gasteiger charge is 2.33. The lowest BCUT2D eigenvalue weighted by Crippen LogP contribution is -2.12. The van der Waals surface area contributed by atoms with Crippen LogP contribution in [0.25, 0.3) is 44.7 Å². The van der Waals surface area contributed by atoms with E-state index in [1.165, 1.54) is 77.6 Å². The maximum Gasteiger partial charge on any atom is 0.0582 e. The van der Waals surface area contributed by atoms with Gasteiger partial charge in [0.15, 0.2) is 0 Å². The molecule has 0 saturated heterocycles. The third kappa shape index (κ3) is 1.94. The minimum atomic E-state index is 0.388. The smallest absolute Gasteiger partial charge is 0.0582 e. The molecule has 0 saturated carbocycles. The van der Waals surface area contributed by atoms with E-state index in [0.717, 1.165) is 12.8 Å². The first kappa shape index (κ1) is 17.4. The van der Waals surface area contributed by atoms with Crippen LogP contribution in [-0.2, 0) is 12.8 Å². The van der Waals surface area contributed by atoms with Crippen LogP contribution in [0.3, 0.4) is 0 Å². The first-order valence-corrected chi connectivity index (χ1v) is 12.3. The van der Waals surface area contributed by atoms with Crippen LogP contribution in [0.1, 0.15) is 39.3 Å². The molecule has 158 valence electrons. The Bertz CT molecular complexity index is 1850. The molecule has 3 aliphatic carbocycles. The minimum Gasteiger partial charge on any atom is -0.308 e. The number of hydrogen-bond donors (Lipinski definition) is 0. The highest BCUT2D eigenvalue weighted by atomic mass is 15.0. The number of allylic oxidation sites excluding steroid dienone is 5. The van der Waals surface area contributed by atoms with Crippen molar-refractivity contribution in [3.05, 3.63) is 130 Å². The van der Waals surface area contributed by atoms with Crippen molar-refractivity contribution < 1.29 is 0 Å². The van der Waals surface area contributed by atoms with Gasteiger partial charge in [-0.15, -0.1) is 0 Å². The summed E-state index contributed by atoms with van der Waals surface area (Å²) in [5, 5.41) is 2.77. The van der Waals surface area contributed by atoms with E-state index < -0.39 is 0 Å². The third-order valence-corrected chi connectivity index (χ3v) is 8.48. The monoisotopic (exact) mass is 431 g/mol. The number of hydrogen-bond acceptors (Lipinski definition) is 0. The van der Waals surface area contributed by atoms with E-state index in [4.69, 9.17) is 0 Å². The number of nitrogens with zero attached hydrogens (tertiary/aromatic N) is 1. The Hall–Kier alpha value is -4.10. The highest BCUT2D eigenvalue weighted by molar-refractivity contribution is 6.13. The summed E-state index contributed by atoms with van der Waals surface area (Å²) < 4.78 is 2.61. The normalized spacial score (nSPS) is 18.0. The van der Waals surface area contributed by atoms with Crippen molar-refractivity contribution in [2.24, 2.45) is 0 Å². The Labute approximate surface area is 198 Å². The molecule has 34 heavy (non-hydrogen) atoms. The predicted molar refractivity (Wildman–Crippen MR) is 141 cm³/mol. The molecule has 1 atom stereocenters. The number of aromatic nitrogens is 1. The second-order valence-electron chi connectivity index (χ2n) is 10.1. The number of benzene rings is 4. The Morgan fingerprint density at radius 3 is 2.62 bits per heavy atom. The molecule has 0 radical (unpaired) electrons. The Morgan fingerprint density at radius 1 is 0.735 bits per heavy atom. The maximum absolute atomic E-state index is 2.61. The van der Waals surface area contributed by atoms with Gasteiger partial charge >= 0.3 is 0 Å². The van der Waals surface area contributed by atoms with Crippen LogP contribution < -0.4 is 0 Å². The average Bonchev–Trinajstić information content (AvgIpc) is 3.55. The summed E-state index contributed by atoms with van der Waals surface area (Å²) in [7, 11) is 0. The molecule has 0 fully saturated rings. The fourth-order valence-corrected chi connectivity index (χ4v) is 7.08. The molecule has 1 aliphatic heterocycles. The summed E-state index contributed by atoms with van der Waals surface area (Å²) in [6.07, 6.45) is 13.5. The minimum absolute atomic E-state index is 0.388. The average molecular weight is 432 g/mol. The van der Waals surface area contributed by atoms with Crippen molar-refractivity contribution in [2.75, 3.05) is 0 Å². The Balaban J connectivity index is 1.44. The zero-order valence-corrected chi connectivity index (χ0v) is 18.7. The molecule has 2 heterocycles. The molecule has 1 heteroatoms. The molecule has 1 unspecified atom stereocenters. The zero-order chi connectivity index (χ0) is 22.0. The van der Waals surface area contributed by atoms with Crippen LogP contribution in [0.4, 0.5) is 0 Å². The van der Waals surface area contributed by atoms with Gasteiger partial charge in [-0.1, -0.05) is 85.0 Å². The molecular formula is C33H21N. The van der Waals surface area contributed by atoms with Crippen LogP contribution in [0.15, 0.2) is 96.6 Å². The van der Waals surface area contributed by atoms with E-state index in [9.17, 15) is 0 Å². The van der Waals surface area contributed by atoms with Crippen LogP contribution in [0.2, 0.25) is 0 Å². The van der Waals surface area contributed by atoms with Gasteiger partial charge in [0.2, 0.25) is 0 Å². The van der Waals surface area contributed by atoms with E-state index in [-0.39, 0.29) is 0 Å². The first-order chi connectivity index (χ1) is 16.9. The molecule has 0 spiro atoms. The van der Waals surface area contributed by atoms with E-state index in [2.05, 4.69) is 102 Å². The standard InChI is InChI=1S/C33H21N/c1-3-9-22-20(8-1)16-28-24(22)14-13-21-17-29-26-15-19-7-2-4-10-23(19)27(26)18-30-25-11-5-6-12-31(25)34(32(21)28)33(29)30/h1-15,18,23H,16-17H2. The molecular weight excluding hydrogens is 410 g/mol. The van der Waals surface area contributed by atoms with Crippen molar-refractivity contribution in [3.63, 3.8) is 0 Å². The summed E-state index contributed by atoms with van der Waals surface area (Å²) in [6.45, 7) is 0. The highest BCUT2D eigenvalue weighted by Crippen LogP contribution is 2.51. The van der Waals surface area contributed by atoms with Gasteiger partial charge in [0.1, 0.15) is 0 Å². The maximum atomic E-state index is 2.61. The lowest BCUT2D eigenvalue weighted by Gasteiger charge is -2.25. The third-order valence-electron chi connectivity index (χ3n) is 8.48. The lowest BCUT2D eigenvalue weighted by molar-refractivity contribution is 1.00. The first-order valence-electron chi connectivity index (χ1n) is 12.3. The van der Waals surface area contributed by atoms with Gasteiger partial charge in [-0.2, -0.15) is 0 Å². The van der Waals surface area contributed by atoms with Gasteiger partial charge in [0.25, 0.3) is 0 Å². The van der Waals surface area contributed by atoms with Crippen LogP contribution in [0, 0.1) is 0 Å². The summed E-state index contributed by atoms with van der Waals surface area (Å²) in [4.78, 5) is 0. The Kier molecular flexibility index (Phi) is 3.00. The van der Waals surface area contributed by atoms with Crippen molar-refractivity contribution in [3.8, 4) is 16.8 Å². The molecule has 4 aliphatic rings. The summed E-state index contributed by atoms with van der Waals surface area (Å²) in [6, 6.07) is 25.2. The summed E-state index contributed by atoms with van der Waals surface area (Å²) in [5.41, 5.74) is 17.2. The van der Waals surface area contributed by atoms with Crippen molar-refractivity contribution in [1.29, 1.82) is 0 Å². The van der Waals surface area contributed by atoms with E-state index >= 15 is 0 Å². The van der Waals surface area contributed by atoms with E-state index in [0.29, 0.717) is 5.92 Å². The summed E-state index contributed by atoms with van der Waals surface area (Å²) in [5.74, 6) is 0.388. The number of rotatable bonds is 0. The molecule has 4 aromatic carbocycles. The van der Waals surface area contributed by atoms with E-state index in [1.807, 2.05) is 0 Å². The quantitative estimate of drug-likeness (QED) is 0.230. The van der Waals surface area contributed by atoms with Crippen LogP contribution in [0.5, 0.6) is 0 Å². The molecule has 0 amide bonds. The second-order valence-corrected chi connectivity index (χ2v) is 10.1. The van der Waals surface area contributed by atoms with Gasteiger partial charge in [0.05, 0.1) is 16.7 Å². The van der Waals surface area contributed by atoms with Crippen molar-refractivity contribution in [1.82, 2.24) is 4.57 Å². The zero-order valence-electron chi connectivity index (χ0n) is 18.7. The Morgan fingerprint density at radius 2 is 1.62 bits per heavy atom. The van der Waals surface area contributed by atoms with Crippen LogP contribution in [-0.4, -0.2) is 4.57 Å². The van der Waals surface area contributed by atoms with Gasteiger partial charge in [-0.3, -0.25) is 0 Å². The molecule has 5 aromatic rings. The van der Waals surface area contributed by atoms with Crippen LogP contribution >= 0.6 is 0 Å². The topological polar surface area (TPSA) is 4.93 Å². The van der Waals surface area contributed by atoms with Gasteiger partial charge in [-0.05, 0) is 62.2 Å². The van der Waals surface area contributed by atoms with Gasteiger partial charge in [-0.25, -0.2) is 0 Å². The molecule has 9 rings (SSSR count). The lowest BCUT2D eigenvalue weighted by atomic mass is 9.86. The molecule has 0 bridgehead atoms. The predicted octanol–water partition coefficient (Wildman–Crippen LogP) is 7.87. The second kappa shape index (κ2) is 5.87. The number of para-hydroxylation sites is 1. The largest absolute Gasteiger partial charge is 0.308 e. The summed E-state index contributed by atoms with van der Waals surface area (Å²) >= 11 is 0. The van der Waals surface area contributed by atoms with Gasteiger partial charge < -0.3 is 4.57 Å². The molecule has 0 N–H and O–H groups in total. The fraction of sp³-hybridized carbons (Fsp3) is 0.0909.